The lowest BCUT2D eigenvalue weighted by Crippen LogP contribution is -2.12. The fourth-order valence-electron chi connectivity index (χ4n) is 2.28. The molecule has 0 aliphatic heterocycles. The summed E-state index contributed by atoms with van der Waals surface area (Å²) < 4.78 is 17.9. The summed E-state index contributed by atoms with van der Waals surface area (Å²) in [5, 5.41) is 7.94. The molecule has 0 aliphatic rings. The normalized spacial score (nSPS) is 13.0. The molecule has 0 spiro atoms. The van der Waals surface area contributed by atoms with Crippen LogP contribution in [0.3, 0.4) is 0 Å². The molecule has 0 saturated carbocycles. The topological polar surface area (TPSA) is 51.4 Å². The highest BCUT2D eigenvalue weighted by Crippen LogP contribution is 2.24. The van der Waals surface area contributed by atoms with Crippen molar-refractivity contribution in [1.29, 1.82) is 0 Å². The Morgan fingerprint density at radius 2 is 2.21 bits per heavy atom. The molecule has 1 aromatic carbocycles. The van der Waals surface area contributed by atoms with E-state index in [4.69, 9.17) is 12.2 Å². The van der Waals surface area contributed by atoms with Crippen LogP contribution in [0.2, 0.25) is 0 Å². The van der Waals surface area contributed by atoms with Crippen molar-refractivity contribution in [2.24, 2.45) is 7.05 Å². The number of aromatic amines is 1. The van der Waals surface area contributed by atoms with Crippen molar-refractivity contribution in [3.8, 4) is 0 Å². The first-order valence-corrected chi connectivity index (χ1v) is 6.23. The van der Waals surface area contributed by atoms with Crippen molar-refractivity contribution in [2.75, 3.05) is 0 Å². The lowest BCUT2D eigenvalue weighted by atomic mass is 10.2. The average Bonchev–Trinajstić information content (AvgIpc) is 2.93. The maximum Gasteiger partial charge on any atom is 0.178 e. The van der Waals surface area contributed by atoms with Crippen LogP contribution in [0.15, 0.2) is 24.5 Å². The van der Waals surface area contributed by atoms with E-state index < -0.39 is 0 Å². The molecule has 1 atom stereocenters. The van der Waals surface area contributed by atoms with Gasteiger partial charge in [0.1, 0.15) is 17.7 Å². The molecule has 19 heavy (non-hydrogen) atoms. The Bertz CT molecular complexity index is 800. The van der Waals surface area contributed by atoms with Crippen molar-refractivity contribution in [3.63, 3.8) is 0 Å². The molecule has 0 aliphatic carbocycles. The van der Waals surface area contributed by atoms with E-state index in [-0.39, 0.29) is 11.9 Å². The van der Waals surface area contributed by atoms with Crippen LogP contribution >= 0.6 is 12.2 Å². The summed E-state index contributed by atoms with van der Waals surface area (Å²) in [7, 11) is 1.87. The van der Waals surface area contributed by atoms with E-state index in [1.54, 1.807) is 12.4 Å². The van der Waals surface area contributed by atoms with Crippen LogP contribution in [0.25, 0.3) is 11.0 Å². The molecule has 2 aromatic heterocycles. The van der Waals surface area contributed by atoms with E-state index in [2.05, 4.69) is 15.2 Å². The fourth-order valence-corrected chi connectivity index (χ4v) is 2.64. The number of H-pyrrole nitrogens is 1. The number of nitrogens with one attached hydrogen (secondary N) is 1. The highest BCUT2D eigenvalue weighted by molar-refractivity contribution is 7.71. The van der Waals surface area contributed by atoms with E-state index in [9.17, 15) is 4.39 Å². The standard InChI is InChI=1S/C12H12FN5S/c1-7(11-16-14-6-17(11)2)18-9-5-3-4-8(13)10(9)15-12(18)19/h3-7H,1-2H3,(H,15,19). The van der Waals surface area contributed by atoms with Gasteiger partial charge in [-0.15, -0.1) is 10.2 Å². The Balaban J connectivity index is 2.26. The van der Waals surface area contributed by atoms with Crippen LogP contribution in [0.4, 0.5) is 4.39 Å². The Kier molecular flexibility index (Phi) is 2.70. The van der Waals surface area contributed by atoms with E-state index in [0.29, 0.717) is 10.3 Å². The first kappa shape index (κ1) is 12.0. The van der Waals surface area contributed by atoms with Crippen LogP contribution in [-0.2, 0) is 7.05 Å². The van der Waals surface area contributed by atoms with Crippen LogP contribution in [0, 0.1) is 10.6 Å². The Morgan fingerprint density at radius 1 is 1.42 bits per heavy atom. The highest BCUT2D eigenvalue weighted by Gasteiger charge is 2.18. The molecule has 0 bridgehead atoms. The monoisotopic (exact) mass is 277 g/mol. The van der Waals surface area contributed by atoms with Gasteiger partial charge in [-0.3, -0.25) is 0 Å². The molecule has 2 heterocycles. The predicted molar refractivity (Wildman–Crippen MR) is 71.9 cm³/mol. The summed E-state index contributed by atoms with van der Waals surface area (Å²) in [6.07, 6.45) is 1.63. The summed E-state index contributed by atoms with van der Waals surface area (Å²) in [6, 6.07) is 4.78. The second-order valence-electron chi connectivity index (χ2n) is 4.41. The van der Waals surface area contributed by atoms with Crippen molar-refractivity contribution in [2.45, 2.75) is 13.0 Å². The fraction of sp³-hybridized carbons (Fsp3) is 0.250. The van der Waals surface area contributed by atoms with Crippen molar-refractivity contribution in [1.82, 2.24) is 24.3 Å². The van der Waals surface area contributed by atoms with E-state index >= 15 is 0 Å². The summed E-state index contributed by atoms with van der Waals surface area (Å²) in [4.78, 5) is 2.90. The number of imidazole rings is 1. The van der Waals surface area contributed by atoms with E-state index in [1.165, 1.54) is 6.07 Å². The zero-order chi connectivity index (χ0) is 13.6. The number of para-hydroxylation sites is 1. The van der Waals surface area contributed by atoms with Gasteiger partial charge in [0.15, 0.2) is 10.6 Å². The number of benzene rings is 1. The van der Waals surface area contributed by atoms with Gasteiger partial charge in [-0.25, -0.2) is 4.39 Å². The lowest BCUT2D eigenvalue weighted by molar-refractivity contribution is 0.581. The molecule has 7 heteroatoms. The first-order chi connectivity index (χ1) is 9.09. The van der Waals surface area contributed by atoms with Gasteiger partial charge in [-0.1, -0.05) is 6.07 Å². The number of hydrogen-bond acceptors (Lipinski definition) is 3. The largest absolute Gasteiger partial charge is 0.328 e. The minimum absolute atomic E-state index is 0.129. The molecular weight excluding hydrogens is 265 g/mol. The molecule has 0 amide bonds. The minimum Gasteiger partial charge on any atom is -0.328 e. The summed E-state index contributed by atoms with van der Waals surface area (Å²) in [5.41, 5.74) is 1.14. The zero-order valence-corrected chi connectivity index (χ0v) is 11.3. The third-order valence-corrected chi connectivity index (χ3v) is 3.51. The molecule has 0 fully saturated rings. The number of fused-ring (bicyclic) bond motifs is 1. The Morgan fingerprint density at radius 3 is 2.89 bits per heavy atom. The third kappa shape index (κ3) is 1.77. The van der Waals surface area contributed by atoms with Gasteiger partial charge < -0.3 is 14.1 Å². The van der Waals surface area contributed by atoms with Gasteiger partial charge >= 0.3 is 0 Å². The Labute approximate surface area is 113 Å². The molecule has 0 radical (unpaired) electrons. The zero-order valence-electron chi connectivity index (χ0n) is 10.5. The molecular formula is C12H12FN5S. The number of rotatable bonds is 2. The van der Waals surface area contributed by atoms with Crippen molar-refractivity contribution in [3.05, 3.63) is 40.9 Å². The van der Waals surface area contributed by atoms with Gasteiger partial charge in [-0.2, -0.15) is 0 Å². The number of aromatic nitrogens is 5. The van der Waals surface area contributed by atoms with Gasteiger partial charge in [0, 0.05) is 7.05 Å². The lowest BCUT2D eigenvalue weighted by Gasteiger charge is -2.13. The average molecular weight is 277 g/mol. The third-order valence-electron chi connectivity index (χ3n) is 3.21. The van der Waals surface area contributed by atoms with Gasteiger partial charge in [0.2, 0.25) is 0 Å². The van der Waals surface area contributed by atoms with Gasteiger partial charge in [0.05, 0.1) is 11.6 Å². The number of aryl methyl sites for hydroxylation is 1. The summed E-state index contributed by atoms with van der Waals surface area (Å²) in [5.74, 6) is 0.453. The smallest absolute Gasteiger partial charge is 0.178 e. The summed E-state index contributed by atoms with van der Waals surface area (Å²) >= 11 is 5.29. The second kappa shape index (κ2) is 4.27. The van der Waals surface area contributed by atoms with E-state index in [1.807, 2.05) is 29.2 Å². The van der Waals surface area contributed by atoms with Crippen molar-refractivity contribution >= 4 is 23.3 Å². The molecule has 1 N–H and O–H groups in total. The highest BCUT2D eigenvalue weighted by atomic mass is 32.1. The van der Waals surface area contributed by atoms with Crippen LogP contribution in [0.5, 0.6) is 0 Å². The second-order valence-corrected chi connectivity index (χ2v) is 4.80. The van der Waals surface area contributed by atoms with Crippen LogP contribution < -0.4 is 0 Å². The molecule has 1 unspecified atom stereocenters. The van der Waals surface area contributed by atoms with Crippen LogP contribution in [0.1, 0.15) is 18.8 Å². The molecule has 5 nitrogen and oxygen atoms in total. The molecule has 98 valence electrons. The molecule has 3 rings (SSSR count). The summed E-state index contributed by atoms with van der Waals surface area (Å²) in [6.45, 7) is 1.96. The number of halogens is 1. The van der Waals surface area contributed by atoms with E-state index in [0.717, 1.165) is 11.3 Å². The molecule has 0 saturated heterocycles. The SMILES string of the molecule is CC(c1nncn1C)n1c(=S)[nH]c2c(F)cccc21. The van der Waals surface area contributed by atoms with Crippen LogP contribution in [-0.4, -0.2) is 24.3 Å². The molecule has 3 aromatic rings. The maximum absolute atomic E-state index is 13.7. The quantitative estimate of drug-likeness (QED) is 0.732. The Hall–Kier alpha value is -2.02. The minimum atomic E-state index is -0.312. The van der Waals surface area contributed by atoms with Crippen molar-refractivity contribution < 1.29 is 4.39 Å². The first-order valence-electron chi connectivity index (χ1n) is 5.82. The number of nitrogens with zero attached hydrogens (tertiary/aromatic N) is 4. The number of hydrogen-bond donors (Lipinski definition) is 1. The maximum atomic E-state index is 13.7. The predicted octanol–water partition coefficient (Wildman–Crippen LogP) is 2.58. The van der Waals surface area contributed by atoms with Gasteiger partial charge in [-0.05, 0) is 31.3 Å². The van der Waals surface area contributed by atoms with Gasteiger partial charge in [0.25, 0.3) is 0 Å².